The third-order valence-electron chi connectivity index (χ3n) is 3.17. The van der Waals surface area contributed by atoms with Crippen molar-refractivity contribution in [3.63, 3.8) is 0 Å². The van der Waals surface area contributed by atoms with Gasteiger partial charge in [-0.05, 0) is 45.2 Å². The smallest absolute Gasteiger partial charge is 0.224 e. The van der Waals surface area contributed by atoms with Crippen LogP contribution in [0.3, 0.4) is 0 Å². The van der Waals surface area contributed by atoms with E-state index < -0.39 is 5.79 Å². The standard InChI is InChI=1S/C11H13ClN4O2.C3H8O2/c1-6-9-10(15-11(12)14-6)16(5-13-9)8-3-2-7(4-17)18-8;1-3(2,4)5/h5,7-8,17H,2-4H2,1H3;4-5H,1-2H3. The maximum Gasteiger partial charge on any atom is 0.224 e. The molecule has 0 saturated carbocycles. The minimum Gasteiger partial charge on any atom is -0.394 e. The fourth-order valence-corrected chi connectivity index (χ4v) is 2.47. The molecule has 1 aliphatic rings. The van der Waals surface area contributed by atoms with Gasteiger partial charge in [0.05, 0.1) is 24.7 Å². The van der Waals surface area contributed by atoms with Crippen LogP contribution in [0.4, 0.5) is 0 Å². The second-order valence-electron chi connectivity index (χ2n) is 5.87. The predicted octanol–water partition coefficient (Wildman–Crippen LogP) is 1.17. The molecule has 8 nitrogen and oxygen atoms in total. The zero-order valence-electron chi connectivity index (χ0n) is 13.3. The molecule has 1 aliphatic heterocycles. The summed E-state index contributed by atoms with van der Waals surface area (Å²) in [6.07, 6.45) is 3.10. The summed E-state index contributed by atoms with van der Waals surface area (Å²) in [5.74, 6) is -1.50. The first-order chi connectivity index (χ1) is 10.7. The number of ether oxygens (including phenoxy) is 1. The van der Waals surface area contributed by atoms with Crippen molar-refractivity contribution in [2.24, 2.45) is 0 Å². The molecule has 0 bridgehead atoms. The van der Waals surface area contributed by atoms with Crippen molar-refractivity contribution in [3.8, 4) is 0 Å². The highest BCUT2D eigenvalue weighted by Gasteiger charge is 2.27. The first-order valence-electron chi connectivity index (χ1n) is 7.26. The zero-order valence-corrected chi connectivity index (χ0v) is 14.0. The zero-order chi connectivity index (χ0) is 17.2. The van der Waals surface area contributed by atoms with Gasteiger partial charge in [-0.2, -0.15) is 4.98 Å². The normalized spacial score (nSPS) is 21.3. The molecule has 0 amide bonds. The van der Waals surface area contributed by atoms with Gasteiger partial charge in [0.1, 0.15) is 11.7 Å². The maximum absolute atomic E-state index is 9.09. The van der Waals surface area contributed by atoms with Gasteiger partial charge in [0.15, 0.2) is 11.4 Å². The molecule has 0 aliphatic carbocycles. The van der Waals surface area contributed by atoms with Crippen LogP contribution in [0.25, 0.3) is 11.2 Å². The number of nitrogens with zero attached hydrogens (tertiary/aromatic N) is 4. The summed E-state index contributed by atoms with van der Waals surface area (Å²) in [4.78, 5) is 12.6. The van der Waals surface area contributed by atoms with E-state index in [-0.39, 0.29) is 24.2 Å². The molecule has 2 aromatic heterocycles. The summed E-state index contributed by atoms with van der Waals surface area (Å²) in [5, 5.41) is 25.4. The van der Waals surface area contributed by atoms with Crippen LogP contribution in [0.15, 0.2) is 6.33 Å². The Labute approximate surface area is 138 Å². The summed E-state index contributed by atoms with van der Waals surface area (Å²) in [7, 11) is 0. The highest BCUT2D eigenvalue weighted by Crippen LogP contribution is 2.30. The average Bonchev–Trinajstić information content (AvgIpc) is 3.01. The van der Waals surface area contributed by atoms with E-state index in [9.17, 15) is 0 Å². The summed E-state index contributed by atoms with van der Waals surface area (Å²) < 4.78 is 7.57. The molecule has 0 spiro atoms. The lowest BCUT2D eigenvalue weighted by Gasteiger charge is -2.13. The van der Waals surface area contributed by atoms with Crippen LogP contribution in [0.1, 0.15) is 38.6 Å². The minimum absolute atomic E-state index is 0.0396. The van der Waals surface area contributed by atoms with Crippen LogP contribution < -0.4 is 0 Å². The van der Waals surface area contributed by atoms with Gasteiger partial charge in [0.25, 0.3) is 0 Å². The number of hydrogen-bond acceptors (Lipinski definition) is 7. The number of imidazole rings is 1. The number of halogens is 1. The van der Waals surface area contributed by atoms with Crippen LogP contribution in [-0.4, -0.2) is 53.3 Å². The molecule has 23 heavy (non-hydrogen) atoms. The Kier molecular flexibility index (Phi) is 5.53. The van der Waals surface area contributed by atoms with E-state index in [1.807, 2.05) is 11.5 Å². The molecule has 1 fully saturated rings. The lowest BCUT2D eigenvalue weighted by molar-refractivity contribution is -0.127. The van der Waals surface area contributed by atoms with Crippen molar-refractivity contribution in [1.29, 1.82) is 0 Å². The van der Waals surface area contributed by atoms with Crippen LogP contribution in [-0.2, 0) is 4.74 Å². The van der Waals surface area contributed by atoms with Gasteiger partial charge < -0.3 is 20.1 Å². The SMILES string of the molecule is CC(C)(O)O.Cc1nc(Cl)nc2c1ncn2C1CCC(CO)O1. The van der Waals surface area contributed by atoms with Crippen LogP contribution in [0.2, 0.25) is 5.28 Å². The Bertz CT molecular complexity index is 665. The largest absolute Gasteiger partial charge is 0.394 e. The number of aliphatic hydroxyl groups excluding tert-OH is 1. The van der Waals surface area contributed by atoms with Crippen molar-refractivity contribution in [2.45, 2.75) is 51.7 Å². The third-order valence-corrected chi connectivity index (χ3v) is 3.34. The number of aryl methyl sites for hydroxylation is 1. The molecular formula is C14H21ClN4O4. The van der Waals surface area contributed by atoms with Crippen LogP contribution in [0, 0.1) is 6.92 Å². The molecule has 2 aromatic rings. The molecular weight excluding hydrogens is 324 g/mol. The quantitative estimate of drug-likeness (QED) is 0.553. The van der Waals surface area contributed by atoms with Gasteiger partial charge in [0, 0.05) is 0 Å². The van der Waals surface area contributed by atoms with E-state index >= 15 is 0 Å². The summed E-state index contributed by atoms with van der Waals surface area (Å²) >= 11 is 5.87. The van der Waals surface area contributed by atoms with E-state index in [4.69, 9.17) is 31.7 Å². The third kappa shape index (κ3) is 4.82. The highest BCUT2D eigenvalue weighted by atomic mass is 35.5. The van der Waals surface area contributed by atoms with E-state index in [0.717, 1.165) is 24.1 Å². The van der Waals surface area contributed by atoms with Gasteiger partial charge in [-0.1, -0.05) is 0 Å². The Balaban J connectivity index is 0.000000338. The van der Waals surface area contributed by atoms with E-state index in [1.54, 1.807) is 6.33 Å². The Morgan fingerprint density at radius 1 is 1.35 bits per heavy atom. The number of aliphatic hydroxyl groups is 3. The highest BCUT2D eigenvalue weighted by molar-refractivity contribution is 6.28. The molecule has 1 saturated heterocycles. The minimum atomic E-state index is -1.50. The van der Waals surface area contributed by atoms with Crippen molar-refractivity contribution in [3.05, 3.63) is 17.3 Å². The van der Waals surface area contributed by atoms with Crippen molar-refractivity contribution >= 4 is 22.8 Å². The second-order valence-corrected chi connectivity index (χ2v) is 6.21. The van der Waals surface area contributed by atoms with Crippen molar-refractivity contribution < 1.29 is 20.1 Å². The lowest BCUT2D eigenvalue weighted by Crippen LogP contribution is -2.15. The maximum atomic E-state index is 9.09. The fourth-order valence-electron chi connectivity index (χ4n) is 2.26. The molecule has 0 aromatic carbocycles. The number of rotatable bonds is 2. The predicted molar refractivity (Wildman–Crippen MR) is 83.8 cm³/mol. The number of hydrogen-bond donors (Lipinski definition) is 3. The monoisotopic (exact) mass is 344 g/mol. The summed E-state index contributed by atoms with van der Waals surface area (Å²) in [6, 6.07) is 0. The molecule has 0 radical (unpaired) electrons. The van der Waals surface area contributed by atoms with E-state index in [1.165, 1.54) is 13.8 Å². The van der Waals surface area contributed by atoms with Gasteiger partial charge >= 0.3 is 0 Å². The topological polar surface area (TPSA) is 114 Å². The first-order valence-corrected chi connectivity index (χ1v) is 7.64. The molecule has 2 atom stereocenters. The Hall–Kier alpha value is -1.32. The van der Waals surface area contributed by atoms with E-state index in [0.29, 0.717) is 5.65 Å². The van der Waals surface area contributed by atoms with Crippen molar-refractivity contribution in [1.82, 2.24) is 19.5 Å². The van der Waals surface area contributed by atoms with Crippen LogP contribution in [0.5, 0.6) is 0 Å². The summed E-state index contributed by atoms with van der Waals surface area (Å²) in [6.45, 7) is 4.48. The van der Waals surface area contributed by atoms with Gasteiger partial charge in [-0.15, -0.1) is 0 Å². The Morgan fingerprint density at radius 2 is 2.00 bits per heavy atom. The fraction of sp³-hybridized carbons (Fsp3) is 0.643. The molecule has 128 valence electrons. The van der Waals surface area contributed by atoms with Crippen molar-refractivity contribution in [2.75, 3.05) is 6.61 Å². The Morgan fingerprint density at radius 3 is 2.57 bits per heavy atom. The first kappa shape index (κ1) is 18.0. The number of fused-ring (bicyclic) bond motifs is 1. The van der Waals surface area contributed by atoms with Gasteiger partial charge in [-0.25, -0.2) is 9.97 Å². The van der Waals surface area contributed by atoms with Gasteiger partial charge in [-0.3, -0.25) is 4.57 Å². The van der Waals surface area contributed by atoms with E-state index in [2.05, 4.69) is 15.0 Å². The summed E-state index contributed by atoms with van der Waals surface area (Å²) in [5.41, 5.74) is 2.16. The average molecular weight is 345 g/mol. The molecule has 9 heteroatoms. The number of aromatic nitrogens is 4. The van der Waals surface area contributed by atoms with Crippen LogP contribution >= 0.6 is 11.6 Å². The molecule has 3 N–H and O–H groups in total. The second kappa shape index (κ2) is 7.06. The molecule has 3 heterocycles. The van der Waals surface area contributed by atoms with Gasteiger partial charge in [0.2, 0.25) is 5.28 Å². The lowest BCUT2D eigenvalue weighted by atomic mass is 10.2. The molecule has 3 rings (SSSR count). The molecule has 2 unspecified atom stereocenters.